The van der Waals surface area contributed by atoms with Crippen LogP contribution in [0.1, 0.15) is 26.7 Å². The normalized spacial score (nSPS) is 33.2. The third kappa shape index (κ3) is 3.44. The van der Waals surface area contributed by atoms with Crippen molar-refractivity contribution in [2.24, 2.45) is 5.92 Å². The van der Waals surface area contributed by atoms with E-state index in [-0.39, 0.29) is 0 Å². The topological polar surface area (TPSA) is 24.5 Å². The summed E-state index contributed by atoms with van der Waals surface area (Å²) in [5.41, 5.74) is 0. The Hall–Kier alpha value is -0.120. The molecule has 90 valence electrons. The van der Waals surface area contributed by atoms with E-state index in [4.69, 9.17) is 4.74 Å². The van der Waals surface area contributed by atoms with E-state index in [1.807, 2.05) is 0 Å². The van der Waals surface area contributed by atoms with Crippen molar-refractivity contribution in [2.45, 2.75) is 38.8 Å². The minimum atomic E-state index is 0.688. The Morgan fingerprint density at radius 3 is 2.73 bits per heavy atom. The summed E-state index contributed by atoms with van der Waals surface area (Å²) >= 11 is 0. The molecular formula is C12H26N2O. The second-order valence-electron chi connectivity index (χ2n) is 4.67. The molecule has 0 bridgehead atoms. The van der Waals surface area contributed by atoms with Gasteiger partial charge in [0.05, 0.1) is 0 Å². The second-order valence-corrected chi connectivity index (χ2v) is 4.67. The van der Waals surface area contributed by atoms with Gasteiger partial charge in [-0.05, 0) is 39.3 Å². The molecule has 1 aliphatic heterocycles. The molecule has 0 aliphatic carbocycles. The van der Waals surface area contributed by atoms with E-state index >= 15 is 0 Å². The SMILES string of the molecule is CNC1CCN(CCCOC)C(C)C1C. The van der Waals surface area contributed by atoms with Crippen molar-refractivity contribution in [3.8, 4) is 0 Å². The number of nitrogens with one attached hydrogen (secondary N) is 1. The van der Waals surface area contributed by atoms with Gasteiger partial charge in [0.15, 0.2) is 0 Å². The van der Waals surface area contributed by atoms with Crippen LogP contribution in [0.3, 0.4) is 0 Å². The number of piperidine rings is 1. The van der Waals surface area contributed by atoms with Gasteiger partial charge in [0, 0.05) is 32.3 Å². The maximum absolute atomic E-state index is 5.10. The highest BCUT2D eigenvalue weighted by Gasteiger charge is 2.30. The highest BCUT2D eigenvalue weighted by molar-refractivity contribution is 4.87. The summed E-state index contributed by atoms with van der Waals surface area (Å²) in [5, 5.41) is 3.42. The summed E-state index contributed by atoms with van der Waals surface area (Å²) < 4.78 is 5.10. The van der Waals surface area contributed by atoms with Gasteiger partial charge in [-0.15, -0.1) is 0 Å². The molecule has 3 atom stereocenters. The molecule has 0 aromatic rings. The molecule has 0 radical (unpaired) electrons. The quantitative estimate of drug-likeness (QED) is 0.699. The Morgan fingerprint density at radius 2 is 2.13 bits per heavy atom. The van der Waals surface area contributed by atoms with E-state index in [0.29, 0.717) is 12.1 Å². The summed E-state index contributed by atoms with van der Waals surface area (Å²) in [7, 11) is 3.85. The molecule has 1 fully saturated rings. The second kappa shape index (κ2) is 6.46. The molecule has 15 heavy (non-hydrogen) atoms. The molecule has 0 saturated carbocycles. The van der Waals surface area contributed by atoms with Crippen molar-refractivity contribution in [1.29, 1.82) is 0 Å². The van der Waals surface area contributed by atoms with E-state index < -0.39 is 0 Å². The zero-order chi connectivity index (χ0) is 11.3. The highest BCUT2D eigenvalue weighted by Crippen LogP contribution is 2.23. The molecule has 0 spiro atoms. The molecular weight excluding hydrogens is 188 g/mol. The van der Waals surface area contributed by atoms with Crippen LogP contribution in [0.15, 0.2) is 0 Å². The lowest BCUT2D eigenvalue weighted by molar-refractivity contribution is 0.0768. The minimum absolute atomic E-state index is 0.688. The standard InChI is InChI=1S/C12H26N2O/c1-10-11(2)14(7-5-9-15-4)8-6-12(10)13-3/h10-13H,5-9H2,1-4H3. The predicted molar refractivity (Wildman–Crippen MR) is 64.2 cm³/mol. The molecule has 3 nitrogen and oxygen atoms in total. The first-order valence-electron chi connectivity index (χ1n) is 6.11. The lowest BCUT2D eigenvalue weighted by atomic mass is 9.87. The first-order chi connectivity index (χ1) is 7.20. The first kappa shape index (κ1) is 12.9. The molecule has 0 amide bonds. The van der Waals surface area contributed by atoms with Crippen molar-refractivity contribution < 1.29 is 4.74 Å². The van der Waals surface area contributed by atoms with Crippen LogP contribution in [-0.2, 0) is 4.74 Å². The fourth-order valence-corrected chi connectivity index (χ4v) is 2.57. The van der Waals surface area contributed by atoms with Gasteiger partial charge in [0.2, 0.25) is 0 Å². The molecule has 1 saturated heterocycles. The molecule has 1 rings (SSSR count). The Bertz CT molecular complexity index is 173. The van der Waals surface area contributed by atoms with Crippen molar-refractivity contribution >= 4 is 0 Å². The number of hydrogen-bond donors (Lipinski definition) is 1. The van der Waals surface area contributed by atoms with Crippen LogP contribution in [0, 0.1) is 5.92 Å². The lowest BCUT2D eigenvalue weighted by Gasteiger charge is -2.42. The number of likely N-dealkylation sites (tertiary alicyclic amines) is 1. The fourth-order valence-electron chi connectivity index (χ4n) is 2.57. The number of methoxy groups -OCH3 is 1. The van der Waals surface area contributed by atoms with Crippen LogP contribution in [0.25, 0.3) is 0 Å². The predicted octanol–water partition coefficient (Wildman–Crippen LogP) is 1.34. The largest absolute Gasteiger partial charge is 0.385 e. The van der Waals surface area contributed by atoms with Crippen molar-refractivity contribution in [2.75, 3.05) is 33.9 Å². The zero-order valence-electron chi connectivity index (χ0n) is 10.6. The van der Waals surface area contributed by atoms with E-state index in [1.165, 1.54) is 19.5 Å². The van der Waals surface area contributed by atoms with Gasteiger partial charge in [-0.25, -0.2) is 0 Å². The van der Waals surface area contributed by atoms with E-state index in [9.17, 15) is 0 Å². The van der Waals surface area contributed by atoms with Crippen LogP contribution in [-0.4, -0.2) is 50.8 Å². The fraction of sp³-hybridized carbons (Fsp3) is 1.00. The van der Waals surface area contributed by atoms with Crippen LogP contribution >= 0.6 is 0 Å². The average Bonchev–Trinajstić information content (AvgIpc) is 2.25. The molecule has 3 heteroatoms. The van der Waals surface area contributed by atoms with Gasteiger partial charge in [0.1, 0.15) is 0 Å². The molecule has 0 aromatic carbocycles. The molecule has 3 unspecified atom stereocenters. The van der Waals surface area contributed by atoms with Gasteiger partial charge in [-0.2, -0.15) is 0 Å². The average molecular weight is 214 g/mol. The molecule has 0 aromatic heterocycles. The monoisotopic (exact) mass is 214 g/mol. The highest BCUT2D eigenvalue weighted by atomic mass is 16.5. The van der Waals surface area contributed by atoms with Crippen LogP contribution in [0.4, 0.5) is 0 Å². The summed E-state index contributed by atoms with van der Waals surface area (Å²) in [6, 6.07) is 1.38. The Kier molecular flexibility index (Phi) is 5.58. The Morgan fingerprint density at radius 1 is 1.40 bits per heavy atom. The van der Waals surface area contributed by atoms with Gasteiger partial charge >= 0.3 is 0 Å². The molecule has 1 heterocycles. The van der Waals surface area contributed by atoms with Crippen molar-refractivity contribution in [3.05, 3.63) is 0 Å². The maximum Gasteiger partial charge on any atom is 0.0474 e. The summed E-state index contributed by atoms with van der Waals surface area (Å²) in [6.07, 6.45) is 2.42. The first-order valence-corrected chi connectivity index (χ1v) is 6.11. The van der Waals surface area contributed by atoms with Gasteiger partial charge < -0.3 is 15.0 Å². The van der Waals surface area contributed by atoms with Crippen LogP contribution in [0.5, 0.6) is 0 Å². The lowest BCUT2D eigenvalue weighted by Crippen LogP contribution is -2.52. The molecule has 1 aliphatic rings. The van der Waals surface area contributed by atoms with E-state index in [0.717, 1.165) is 18.9 Å². The van der Waals surface area contributed by atoms with E-state index in [2.05, 4.69) is 31.1 Å². The third-order valence-electron chi connectivity index (χ3n) is 3.86. The van der Waals surface area contributed by atoms with Crippen LogP contribution < -0.4 is 5.32 Å². The van der Waals surface area contributed by atoms with Gasteiger partial charge in [-0.1, -0.05) is 6.92 Å². The summed E-state index contributed by atoms with van der Waals surface area (Å²) in [5.74, 6) is 0.742. The molecule has 1 N–H and O–H groups in total. The Labute approximate surface area is 94.2 Å². The Balaban J connectivity index is 2.35. The van der Waals surface area contributed by atoms with Crippen LogP contribution in [0.2, 0.25) is 0 Å². The summed E-state index contributed by atoms with van der Waals surface area (Å²) in [6.45, 7) is 7.98. The van der Waals surface area contributed by atoms with Crippen molar-refractivity contribution in [3.63, 3.8) is 0 Å². The number of ether oxygens (including phenoxy) is 1. The summed E-state index contributed by atoms with van der Waals surface area (Å²) in [4.78, 5) is 2.59. The maximum atomic E-state index is 5.10. The number of nitrogens with zero attached hydrogens (tertiary/aromatic N) is 1. The minimum Gasteiger partial charge on any atom is -0.385 e. The van der Waals surface area contributed by atoms with Gasteiger partial charge in [-0.3, -0.25) is 0 Å². The zero-order valence-corrected chi connectivity index (χ0v) is 10.6. The van der Waals surface area contributed by atoms with Crippen molar-refractivity contribution in [1.82, 2.24) is 10.2 Å². The van der Waals surface area contributed by atoms with E-state index in [1.54, 1.807) is 7.11 Å². The third-order valence-corrected chi connectivity index (χ3v) is 3.86. The number of rotatable bonds is 5. The number of hydrogen-bond acceptors (Lipinski definition) is 3. The van der Waals surface area contributed by atoms with Gasteiger partial charge in [0.25, 0.3) is 0 Å². The smallest absolute Gasteiger partial charge is 0.0474 e.